The summed E-state index contributed by atoms with van der Waals surface area (Å²) < 4.78 is 6.21. The van der Waals surface area contributed by atoms with Gasteiger partial charge in [-0.15, -0.1) is 12.3 Å². The van der Waals surface area contributed by atoms with E-state index in [0.717, 1.165) is 19.3 Å². The fourth-order valence-corrected chi connectivity index (χ4v) is 4.25. The van der Waals surface area contributed by atoms with E-state index in [1.54, 1.807) is 0 Å². The van der Waals surface area contributed by atoms with Crippen LogP contribution in [0.5, 0.6) is 0 Å². The van der Waals surface area contributed by atoms with Crippen LogP contribution in [0.2, 0.25) is 11.1 Å². The number of hydrogen-bond acceptors (Lipinski definition) is 1. The zero-order valence-corrected chi connectivity index (χ0v) is 11.8. The Morgan fingerprint density at radius 1 is 1.20 bits per heavy atom. The molecule has 0 aliphatic heterocycles. The first-order valence-electron chi connectivity index (χ1n) is 5.99. The Morgan fingerprint density at radius 3 is 2.07 bits per heavy atom. The molecule has 1 radical (unpaired) electrons. The number of hydrogen-bond donors (Lipinski definition) is 0. The first-order chi connectivity index (χ1) is 7.02. The molecule has 0 aromatic carbocycles. The Hall–Kier alpha value is -0.263. The van der Waals surface area contributed by atoms with Crippen molar-refractivity contribution in [3.05, 3.63) is 0 Å². The Kier molecular flexibility index (Phi) is 7.82. The molecular weight excluding hydrogens is 200 g/mol. The van der Waals surface area contributed by atoms with Crippen molar-refractivity contribution in [3.8, 4) is 12.3 Å². The summed E-state index contributed by atoms with van der Waals surface area (Å²) in [5, 5.41) is 0. The predicted octanol–water partition coefficient (Wildman–Crippen LogP) is 4.01. The smallest absolute Gasteiger partial charge is 0.217 e. The van der Waals surface area contributed by atoms with Gasteiger partial charge in [-0.2, -0.15) is 0 Å². The zero-order chi connectivity index (χ0) is 11.8. The van der Waals surface area contributed by atoms with Gasteiger partial charge in [0.1, 0.15) is 0 Å². The third kappa shape index (κ3) is 6.02. The molecule has 87 valence electrons. The first-order valence-corrected chi connectivity index (χ1v) is 7.56. The average molecular weight is 225 g/mol. The van der Waals surface area contributed by atoms with Crippen molar-refractivity contribution in [2.45, 2.75) is 71.1 Å². The van der Waals surface area contributed by atoms with E-state index in [-0.39, 0.29) is 0 Å². The minimum Gasteiger partial charge on any atom is -0.412 e. The molecule has 2 heteroatoms. The molecule has 15 heavy (non-hydrogen) atoms. The van der Waals surface area contributed by atoms with Gasteiger partial charge in [0.25, 0.3) is 0 Å². The quantitative estimate of drug-likeness (QED) is 0.470. The van der Waals surface area contributed by atoms with Gasteiger partial charge in [0.05, 0.1) is 6.10 Å². The molecule has 1 atom stereocenters. The third-order valence-electron chi connectivity index (χ3n) is 2.40. The van der Waals surface area contributed by atoms with Gasteiger partial charge < -0.3 is 4.43 Å². The molecule has 0 aliphatic rings. The van der Waals surface area contributed by atoms with Crippen molar-refractivity contribution >= 4 is 9.04 Å². The minimum absolute atomic E-state index is 0.290. The van der Waals surface area contributed by atoms with Crippen LogP contribution < -0.4 is 0 Å². The fraction of sp³-hybridized carbons (Fsp3) is 0.846. The summed E-state index contributed by atoms with van der Waals surface area (Å²) in [4.78, 5) is 0. The second-order valence-corrected chi connectivity index (χ2v) is 8.00. The van der Waals surface area contributed by atoms with Gasteiger partial charge in [-0.3, -0.25) is 0 Å². The lowest BCUT2D eigenvalue weighted by Crippen LogP contribution is -2.31. The Balaban J connectivity index is 4.27. The Labute approximate surface area is 97.3 Å². The summed E-state index contributed by atoms with van der Waals surface area (Å²) in [6.07, 6.45) is 8.67. The van der Waals surface area contributed by atoms with Crippen LogP contribution in [-0.4, -0.2) is 15.1 Å². The van der Waals surface area contributed by atoms with Crippen molar-refractivity contribution in [3.63, 3.8) is 0 Å². The largest absolute Gasteiger partial charge is 0.412 e. The van der Waals surface area contributed by atoms with E-state index in [4.69, 9.17) is 10.8 Å². The van der Waals surface area contributed by atoms with Gasteiger partial charge in [-0.25, -0.2) is 0 Å². The molecule has 0 bridgehead atoms. The van der Waals surface area contributed by atoms with Gasteiger partial charge >= 0.3 is 0 Å². The fourth-order valence-electron chi connectivity index (χ4n) is 1.79. The maximum absolute atomic E-state index is 6.21. The molecule has 0 rings (SSSR count). The van der Waals surface area contributed by atoms with E-state index in [9.17, 15) is 0 Å². The molecule has 0 fully saturated rings. The highest BCUT2D eigenvalue weighted by atomic mass is 28.3. The van der Waals surface area contributed by atoms with Crippen LogP contribution in [0.1, 0.15) is 53.9 Å². The lowest BCUT2D eigenvalue weighted by molar-refractivity contribution is 0.187. The molecule has 0 aromatic rings. The molecule has 0 amide bonds. The molecule has 0 saturated heterocycles. The predicted molar refractivity (Wildman–Crippen MR) is 69.2 cm³/mol. The standard InChI is InChI=1S/C13H25OSi/c1-7-9-13(10-8-2)14-15(11(3)4)12(5)6/h1,11-13H,8-10H2,2-6H3/t13-/m1/s1. The van der Waals surface area contributed by atoms with Crippen molar-refractivity contribution in [2.24, 2.45) is 0 Å². The summed E-state index contributed by atoms with van der Waals surface area (Å²) in [6.45, 7) is 11.2. The second kappa shape index (κ2) is 7.96. The number of rotatable bonds is 7. The molecule has 0 unspecified atom stereocenters. The van der Waals surface area contributed by atoms with E-state index in [1.165, 1.54) is 0 Å². The van der Waals surface area contributed by atoms with Crippen LogP contribution in [0.15, 0.2) is 0 Å². The molecule has 0 N–H and O–H groups in total. The highest BCUT2D eigenvalue weighted by Crippen LogP contribution is 2.24. The first kappa shape index (κ1) is 14.7. The average Bonchev–Trinajstić information content (AvgIpc) is 2.13. The van der Waals surface area contributed by atoms with Crippen LogP contribution in [0.25, 0.3) is 0 Å². The molecule has 0 heterocycles. The highest BCUT2D eigenvalue weighted by molar-refractivity contribution is 6.55. The van der Waals surface area contributed by atoms with Gasteiger partial charge in [0.15, 0.2) is 0 Å². The molecule has 0 aliphatic carbocycles. The molecule has 1 nitrogen and oxygen atoms in total. The van der Waals surface area contributed by atoms with Gasteiger partial charge in [0, 0.05) is 6.42 Å². The van der Waals surface area contributed by atoms with Crippen molar-refractivity contribution in [1.82, 2.24) is 0 Å². The normalized spacial score (nSPS) is 13.5. The maximum Gasteiger partial charge on any atom is 0.217 e. The van der Waals surface area contributed by atoms with Gasteiger partial charge in [-0.1, -0.05) is 41.0 Å². The monoisotopic (exact) mass is 225 g/mol. The lowest BCUT2D eigenvalue weighted by Gasteiger charge is -2.27. The van der Waals surface area contributed by atoms with Gasteiger partial charge in [-0.05, 0) is 17.5 Å². The highest BCUT2D eigenvalue weighted by Gasteiger charge is 2.25. The number of terminal acetylenes is 1. The van der Waals surface area contributed by atoms with E-state index >= 15 is 0 Å². The van der Waals surface area contributed by atoms with E-state index < -0.39 is 9.04 Å². The summed E-state index contributed by atoms with van der Waals surface area (Å²) >= 11 is 0. The topological polar surface area (TPSA) is 9.23 Å². The zero-order valence-electron chi connectivity index (χ0n) is 10.8. The van der Waals surface area contributed by atoms with E-state index in [0.29, 0.717) is 17.2 Å². The summed E-state index contributed by atoms with van der Waals surface area (Å²) in [5.74, 6) is 2.73. The third-order valence-corrected chi connectivity index (χ3v) is 5.28. The SMILES string of the molecule is C#CC[C@H](CCC)O[Si](C(C)C)C(C)C. The Bertz CT molecular complexity index is 185. The van der Waals surface area contributed by atoms with Crippen LogP contribution >= 0.6 is 0 Å². The molecule has 0 saturated carbocycles. The summed E-state index contributed by atoms with van der Waals surface area (Å²) in [6, 6.07) is 0. The molecular formula is C13H25OSi. The Morgan fingerprint density at radius 2 is 1.73 bits per heavy atom. The minimum atomic E-state index is -0.717. The van der Waals surface area contributed by atoms with Crippen LogP contribution in [0.4, 0.5) is 0 Å². The lowest BCUT2D eigenvalue weighted by atomic mass is 10.1. The second-order valence-electron chi connectivity index (χ2n) is 4.65. The van der Waals surface area contributed by atoms with E-state index in [2.05, 4.69) is 40.5 Å². The van der Waals surface area contributed by atoms with E-state index in [1.807, 2.05) is 0 Å². The molecule has 0 spiro atoms. The van der Waals surface area contributed by atoms with Gasteiger partial charge in [0.2, 0.25) is 9.04 Å². The summed E-state index contributed by atoms with van der Waals surface area (Å²) in [7, 11) is -0.717. The van der Waals surface area contributed by atoms with Crippen molar-refractivity contribution < 1.29 is 4.43 Å². The summed E-state index contributed by atoms with van der Waals surface area (Å²) in [5.41, 5.74) is 1.32. The van der Waals surface area contributed by atoms with Crippen molar-refractivity contribution in [2.75, 3.05) is 0 Å². The maximum atomic E-state index is 6.21. The van der Waals surface area contributed by atoms with Crippen LogP contribution in [0, 0.1) is 12.3 Å². The molecule has 0 aromatic heterocycles. The van der Waals surface area contributed by atoms with Crippen LogP contribution in [0.3, 0.4) is 0 Å². The van der Waals surface area contributed by atoms with Crippen LogP contribution in [-0.2, 0) is 4.43 Å². The van der Waals surface area contributed by atoms with Crippen molar-refractivity contribution in [1.29, 1.82) is 0 Å².